The van der Waals surface area contributed by atoms with Gasteiger partial charge in [-0.3, -0.25) is 0 Å². The fourth-order valence-corrected chi connectivity index (χ4v) is 6.11. The van der Waals surface area contributed by atoms with E-state index < -0.39 is 10.0 Å². The molecule has 0 spiro atoms. The van der Waals surface area contributed by atoms with Crippen LogP contribution in [-0.2, 0) is 23.0 Å². The van der Waals surface area contributed by atoms with E-state index >= 15 is 0 Å². The molecule has 0 saturated heterocycles. The van der Waals surface area contributed by atoms with Crippen LogP contribution in [0.3, 0.4) is 0 Å². The molecule has 0 aliphatic rings. The minimum atomic E-state index is -3.98. The van der Waals surface area contributed by atoms with Crippen molar-refractivity contribution in [2.45, 2.75) is 17.7 Å². The third kappa shape index (κ3) is 3.64. The van der Waals surface area contributed by atoms with Gasteiger partial charge in [-0.2, -0.15) is 0 Å². The number of alkyl halides is 1. The van der Waals surface area contributed by atoms with E-state index in [1.807, 2.05) is 42.9 Å². The summed E-state index contributed by atoms with van der Waals surface area (Å²) in [7, 11) is 1.07. The van der Waals surface area contributed by atoms with Crippen LogP contribution >= 0.6 is 11.6 Å². The summed E-state index contributed by atoms with van der Waals surface area (Å²) in [4.78, 5) is 4.65. The van der Waals surface area contributed by atoms with Crippen molar-refractivity contribution in [3.05, 3.63) is 72.1 Å². The van der Waals surface area contributed by atoms with E-state index in [1.54, 1.807) is 50.7 Å². The van der Waals surface area contributed by atoms with Gasteiger partial charge in [0.25, 0.3) is 10.0 Å². The second-order valence-corrected chi connectivity index (χ2v) is 10.4. The molecule has 0 bridgehead atoms. The first-order chi connectivity index (χ1) is 16.8. The number of hydrogen-bond acceptors (Lipinski definition) is 5. The molecule has 0 atom stereocenters. The van der Waals surface area contributed by atoms with E-state index in [4.69, 9.17) is 21.1 Å². The first kappa shape index (κ1) is 23.3. The normalized spacial score (nSPS) is 11.9. The fraction of sp³-hybridized carbons (Fsp3) is 0.192. The third-order valence-electron chi connectivity index (χ3n) is 6.23. The van der Waals surface area contributed by atoms with Crippen molar-refractivity contribution >= 4 is 43.6 Å². The second kappa shape index (κ2) is 8.62. The maximum atomic E-state index is 14.0. The fourth-order valence-electron chi connectivity index (χ4n) is 4.40. The minimum Gasteiger partial charge on any atom is -0.493 e. The van der Waals surface area contributed by atoms with Crippen molar-refractivity contribution in [3.63, 3.8) is 0 Å². The molecule has 0 N–H and O–H groups in total. The van der Waals surface area contributed by atoms with E-state index in [2.05, 4.69) is 4.98 Å². The second-order valence-electron chi connectivity index (χ2n) is 8.33. The van der Waals surface area contributed by atoms with E-state index in [0.717, 1.165) is 27.6 Å². The molecule has 0 amide bonds. The molecule has 5 rings (SSSR count). The standard InChI is InChI=1S/C26H24ClN3O4S/c1-16-5-7-18(8-6-16)35(31,32)30-23(11-19-17(14-27)9-10-28-26(19)30)21-15-29(2)22-13-25(34-4)24(33-3)12-20(21)22/h5-13,15H,14H2,1-4H3. The number of aryl methyl sites for hydroxylation is 2. The van der Waals surface area contributed by atoms with Gasteiger partial charge in [0.15, 0.2) is 17.1 Å². The third-order valence-corrected chi connectivity index (χ3v) is 8.23. The molecule has 180 valence electrons. The lowest BCUT2D eigenvalue weighted by Gasteiger charge is -2.12. The molecule has 35 heavy (non-hydrogen) atoms. The van der Waals surface area contributed by atoms with Crippen LogP contribution in [-0.4, -0.2) is 36.2 Å². The lowest BCUT2D eigenvalue weighted by atomic mass is 10.1. The summed E-state index contributed by atoms with van der Waals surface area (Å²) in [5, 5.41) is 1.51. The number of methoxy groups -OCH3 is 2. The van der Waals surface area contributed by atoms with Crippen molar-refractivity contribution in [2.24, 2.45) is 7.05 Å². The molecule has 9 heteroatoms. The number of aromatic nitrogens is 3. The van der Waals surface area contributed by atoms with E-state index in [1.165, 1.54) is 3.97 Å². The smallest absolute Gasteiger partial charge is 0.269 e. The number of fused-ring (bicyclic) bond motifs is 2. The molecule has 0 aliphatic carbocycles. The van der Waals surface area contributed by atoms with Gasteiger partial charge >= 0.3 is 0 Å². The Morgan fingerprint density at radius 3 is 2.31 bits per heavy atom. The lowest BCUT2D eigenvalue weighted by molar-refractivity contribution is 0.355. The Labute approximate surface area is 208 Å². The molecule has 0 saturated carbocycles. The predicted molar refractivity (Wildman–Crippen MR) is 138 cm³/mol. The number of nitrogens with zero attached hydrogens (tertiary/aromatic N) is 3. The summed E-state index contributed by atoms with van der Waals surface area (Å²) in [5.41, 5.74) is 4.18. The Balaban J connectivity index is 1.89. The Kier molecular flexibility index (Phi) is 5.73. The van der Waals surface area contributed by atoms with Gasteiger partial charge in [-0.25, -0.2) is 17.4 Å². The summed E-state index contributed by atoms with van der Waals surface area (Å²) < 4.78 is 42.3. The molecule has 3 heterocycles. The lowest BCUT2D eigenvalue weighted by Crippen LogP contribution is -2.14. The summed E-state index contributed by atoms with van der Waals surface area (Å²) in [6.07, 6.45) is 3.49. The zero-order valence-corrected chi connectivity index (χ0v) is 21.3. The molecule has 0 aliphatic heterocycles. The monoisotopic (exact) mass is 509 g/mol. The maximum Gasteiger partial charge on any atom is 0.269 e. The highest BCUT2D eigenvalue weighted by Gasteiger charge is 2.27. The first-order valence-corrected chi connectivity index (χ1v) is 12.9. The number of hydrogen-bond donors (Lipinski definition) is 0. The van der Waals surface area contributed by atoms with Gasteiger partial charge in [-0.1, -0.05) is 17.7 Å². The van der Waals surface area contributed by atoms with Gasteiger partial charge in [-0.05, 0) is 42.8 Å². The highest BCUT2D eigenvalue weighted by atomic mass is 35.5. The van der Waals surface area contributed by atoms with Gasteiger partial charge < -0.3 is 14.0 Å². The number of ether oxygens (including phenoxy) is 2. The van der Waals surface area contributed by atoms with Crippen LogP contribution in [0.5, 0.6) is 11.5 Å². The number of halogens is 1. The van der Waals surface area contributed by atoms with Crippen LogP contribution in [0.25, 0.3) is 33.2 Å². The molecular formula is C26H24ClN3O4S. The largest absolute Gasteiger partial charge is 0.493 e. The zero-order chi connectivity index (χ0) is 24.9. The molecule has 0 fully saturated rings. The van der Waals surface area contributed by atoms with Crippen LogP contribution in [0.4, 0.5) is 0 Å². The van der Waals surface area contributed by atoms with E-state index in [9.17, 15) is 8.42 Å². The number of pyridine rings is 1. The Bertz CT molecular complexity index is 1690. The molecule has 2 aromatic carbocycles. The van der Waals surface area contributed by atoms with E-state index in [-0.39, 0.29) is 10.8 Å². The maximum absolute atomic E-state index is 14.0. The Hall–Kier alpha value is -3.49. The van der Waals surface area contributed by atoms with E-state index in [0.29, 0.717) is 28.2 Å². The summed E-state index contributed by atoms with van der Waals surface area (Å²) in [5.74, 6) is 1.37. The van der Waals surface area contributed by atoms with Gasteiger partial charge in [0, 0.05) is 47.7 Å². The number of benzene rings is 2. The topological polar surface area (TPSA) is 75.4 Å². The summed E-state index contributed by atoms with van der Waals surface area (Å²) in [6.45, 7) is 1.92. The van der Waals surface area contributed by atoms with Crippen molar-refractivity contribution in [2.75, 3.05) is 14.2 Å². The van der Waals surface area contributed by atoms with Gasteiger partial charge in [0.05, 0.1) is 30.3 Å². The van der Waals surface area contributed by atoms with Gasteiger partial charge in [0.1, 0.15) is 0 Å². The SMILES string of the molecule is COc1cc2c(-c3cc4c(CCl)ccnc4n3S(=O)(=O)c3ccc(C)cc3)cn(C)c2cc1OC. The zero-order valence-electron chi connectivity index (χ0n) is 19.7. The van der Waals surface area contributed by atoms with Gasteiger partial charge in [0.2, 0.25) is 0 Å². The molecule has 0 radical (unpaired) electrons. The molecule has 7 nitrogen and oxygen atoms in total. The number of rotatable bonds is 6. The summed E-state index contributed by atoms with van der Waals surface area (Å²) >= 11 is 6.21. The first-order valence-electron chi connectivity index (χ1n) is 10.9. The highest BCUT2D eigenvalue weighted by Crippen LogP contribution is 2.41. The van der Waals surface area contributed by atoms with Crippen molar-refractivity contribution in [1.29, 1.82) is 0 Å². The van der Waals surface area contributed by atoms with Crippen LogP contribution in [0.2, 0.25) is 0 Å². The average Bonchev–Trinajstić information content (AvgIpc) is 3.41. The molecular weight excluding hydrogens is 486 g/mol. The minimum absolute atomic E-state index is 0.180. The van der Waals surface area contributed by atoms with Crippen molar-refractivity contribution < 1.29 is 17.9 Å². The van der Waals surface area contributed by atoms with Crippen LogP contribution < -0.4 is 9.47 Å². The molecule has 3 aromatic heterocycles. The van der Waals surface area contributed by atoms with Crippen LogP contribution in [0, 0.1) is 6.92 Å². The van der Waals surface area contributed by atoms with Gasteiger partial charge in [-0.15, -0.1) is 11.6 Å². The van der Waals surface area contributed by atoms with Crippen LogP contribution in [0.15, 0.2) is 65.8 Å². The predicted octanol–water partition coefficient (Wildman–Crippen LogP) is 5.50. The highest BCUT2D eigenvalue weighted by molar-refractivity contribution is 7.90. The van der Waals surface area contributed by atoms with Crippen molar-refractivity contribution in [1.82, 2.24) is 13.5 Å². The average molecular weight is 510 g/mol. The molecule has 0 unspecified atom stereocenters. The summed E-state index contributed by atoms with van der Waals surface area (Å²) in [6, 6.07) is 14.2. The quantitative estimate of drug-likeness (QED) is 0.283. The molecule has 5 aromatic rings. The van der Waals surface area contributed by atoms with Crippen LogP contribution in [0.1, 0.15) is 11.1 Å². The Morgan fingerprint density at radius 2 is 1.66 bits per heavy atom. The van der Waals surface area contributed by atoms with Crippen molar-refractivity contribution in [3.8, 4) is 22.8 Å². The Morgan fingerprint density at radius 1 is 0.971 bits per heavy atom.